The van der Waals surface area contributed by atoms with Gasteiger partial charge in [0.05, 0.1) is 17.7 Å². The molecule has 0 aromatic heterocycles. The second-order valence-corrected chi connectivity index (χ2v) is 8.65. The standard InChI is InChI=1S/C21H30ClFN2O4/c1-14(26)24-10-12-28-19(16-8-5-9-17(22)18(16)23)15-7-6-11-25(13-15)20(27)29-21(2,3)4/h5,8-9,15,19H,6-7,10-13H2,1-4H3,(H,24,26). The Morgan fingerprint density at radius 1 is 1.38 bits per heavy atom. The summed E-state index contributed by atoms with van der Waals surface area (Å²) in [6.45, 7) is 8.40. The van der Waals surface area contributed by atoms with Crippen molar-refractivity contribution < 1.29 is 23.5 Å². The number of amides is 2. The number of halogens is 2. The van der Waals surface area contributed by atoms with Gasteiger partial charge in [-0.25, -0.2) is 9.18 Å². The van der Waals surface area contributed by atoms with Crippen LogP contribution in [0.3, 0.4) is 0 Å². The molecule has 2 atom stereocenters. The summed E-state index contributed by atoms with van der Waals surface area (Å²) in [5.41, 5.74) is -0.228. The molecular weight excluding hydrogens is 399 g/mol. The van der Waals surface area contributed by atoms with E-state index in [2.05, 4.69) is 5.32 Å². The van der Waals surface area contributed by atoms with Gasteiger partial charge in [-0.05, 0) is 39.7 Å². The Bertz CT molecular complexity index is 723. The Labute approximate surface area is 176 Å². The van der Waals surface area contributed by atoms with Crippen LogP contribution in [0.1, 0.15) is 52.2 Å². The van der Waals surface area contributed by atoms with Crippen LogP contribution in [0.5, 0.6) is 0 Å². The van der Waals surface area contributed by atoms with Crippen LogP contribution < -0.4 is 5.32 Å². The first kappa shape index (κ1) is 23.4. The summed E-state index contributed by atoms with van der Waals surface area (Å²) < 4.78 is 26.2. The smallest absolute Gasteiger partial charge is 0.410 e. The maximum atomic E-state index is 14.7. The summed E-state index contributed by atoms with van der Waals surface area (Å²) in [6, 6.07) is 4.82. The van der Waals surface area contributed by atoms with E-state index in [1.165, 1.54) is 13.0 Å². The Balaban J connectivity index is 2.17. The lowest BCUT2D eigenvalue weighted by atomic mass is 9.88. The molecule has 2 rings (SSSR count). The molecule has 1 heterocycles. The van der Waals surface area contributed by atoms with Gasteiger partial charge in [0.2, 0.25) is 5.91 Å². The van der Waals surface area contributed by atoms with Crippen molar-refractivity contribution >= 4 is 23.6 Å². The Hall–Kier alpha value is -1.86. The Morgan fingerprint density at radius 2 is 2.10 bits per heavy atom. The molecule has 0 aliphatic carbocycles. The van der Waals surface area contributed by atoms with Crippen molar-refractivity contribution in [2.24, 2.45) is 5.92 Å². The zero-order valence-corrected chi connectivity index (χ0v) is 18.2. The molecule has 162 valence electrons. The van der Waals surface area contributed by atoms with Gasteiger partial charge < -0.3 is 19.7 Å². The van der Waals surface area contributed by atoms with E-state index < -0.39 is 17.5 Å². The van der Waals surface area contributed by atoms with Crippen molar-refractivity contribution in [3.63, 3.8) is 0 Å². The van der Waals surface area contributed by atoms with Crippen LogP contribution >= 0.6 is 11.6 Å². The summed E-state index contributed by atoms with van der Waals surface area (Å²) in [5.74, 6) is -0.803. The second-order valence-electron chi connectivity index (χ2n) is 8.25. The van der Waals surface area contributed by atoms with E-state index >= 15 is 0 Å². The minimum absolute atomic E-state index is 0.0257. The van der Waals surface area contributed by atoms with E-state index in [1.54, 1.807) is 17.0 Å². The number of nitrogens with one attached hydrogen (secondary N) is 1. The number of rotatable bonds is 6. The average molecular weight is 429 g/mol. The van der Waals surface area contributed by atoms with Crippen LogP contribution in [0.25, 0.3) is 0 Å². The van der Waals surface area contributed by atoms with Crippen LogP contribution in [-0.2, 0) is 14.3 Å². The van der Waals surface area contributed by atoms with Gasteiger partial charge in [-0.1, -0.05) is 23.7 Å². The number of carbonyl (C=O) groups is 2. The molecule has 1 N–H and O–H groups in total. The summed E-state index contributed by atoms with van der Waals surface area (Å²) in [5, 5.41) is 2.69. The van der Waals surface area contributed by atoms with Crippen molar-refractivity contribution in [1.29, 1.82) is 0 Å². The van der Waals surface area contributed by atoms with Gasteiger partial charge in [0.1, 0.15) is 11.4 Å². The number of likely N-dealkylation sites (tertiary alicyclic amines) is 1. The van der Waals surface area contributed by atoms with Crippen molar-refractivity contribution in [2.75, 3.05) is 26.2 Å². The van der Waals surface area contributed by atoms with E-state index in [0.29, 0.717) is 25.2 Å². The first-order valence-electron chi connectivity index (χ1n) is 9.86. The highest BCUT2D eigenvalue weighted by atomic mass is 35.5. The number of benzene rings is 1. The maximum absolute atomic E-state index is 14.7. The topological polar surface area (TPSA) is 67.9 Å². The van der Waals surface area contributed by atoms with Gasteiger partial charge in [0.15, 0.2) is 0 Å². The van der Waals surface area contributed by atoms with Gasteiger partial charge in [0, 0.05) is 38.0 Å². The quantitative estimate of drug-likeness (QED) is 0.685. The summed E-state index contributed by atoms with van der Waals surface area (Å²) in [6.07, 6.45) is 0.562. The van der Waals surface area contributed by atoms with Crippen LogP contribution in [0.4, 0.5) is 9.18 Å². The number of ether oxygens (including phenoxy) is 2. The van der Waals surface area contributed by atoms with Crippen LogP contribution in [0.2, 0.25) is 5.02 Å². The summed E-state index contributed by atoms with van der Waals surface area (Å²) >= 11 is 5.98. The minimum atomic E-state index is -0.590. The molecule has 0 bridgehead atoms. The van der Waals surface area contributed by atoms with Gasteiger partial charge in [-0.15, -0.1) is 0 Å². The van der Waals surface area contributed by atoms with E-state index in [9.17, 15) is 14.0 Å². The van der Waals surface area contributed by atoms with E-state index in [4.69, 9.17) is 21.1 Å². The lowest BCUT2D eigenvalue weighted by molar-refractivity contribution is -0.119. The number of nitrogens with zero attached hydrogens (tertiary/aromatic N) is 1. The number of carbonyl (C=O) groups excluding carboxylic acids is 2. The first-order valence-corrected chi connectivity index (χ1v) is 10.2. The SMILES string of the molecule is CC(=O)NCCOC(c1cccc(Cl)c1F)C1CCCN(C(=O)OC(C)(C)C)C1. The summed E-state index contributed by atoms with van der Waals surface area (Å²) in [4.78, 5) is 25.2. The molecule has 0 spiro atoms. The molecule has 29 heavy (non-hydrogen) atoms. The average Bonchev–Trinajstić information content (AvgIpc) is 2.63. The third kappa shape index (κ3) is 7.16. The predicted molar refractivity (Wildman–Crippen MR) is 109 cm³/mol. The van der Waals surface area contributed by atoms with E-state index in [1.807, 2.05) is 20.8 Å². The first-order chi connectivity index (χ1) is 13.6. The molecule has 1 aromatic carbocycles. The maximum Gasteiger partial charge on any atom is 0.410 e. The third-order valence-electron chi connectivity index (χ3n) is 4.60. The molecule has 1 aromatic rings. The molecule has 2 amide bonds. The zero-order valence-electron chi connectivity index (χ0n) is 17.5. The predicted octanol–water partition coefficient (Wildman–Crippen LogP) is 4.32. The van der Waals surface area contributed by atoms with Crippen molar-refractivity contribution in [3.8, 4) is 0 Å². The fraction of sp³-hybridized carbons (Fsp3) is 0.619. The minimum Gasteiger partial charge on any atom is -0.444 e. The number of hydrogen-bond acceptors (Lipinski definition) is 4. The van der Waals surface area contributed by atoms with Gasteiger partial charge in [-0.3, -0.25) is 4.79 Å². The highest BCUT2D eigenvalue weighted by Crippen LogP contribution is 2.36. The molecule has 2 unspecified atom stereocenters. The van der Waals surface area contributed by atoms with Gasteiger partial charge in [-0.2, -0.15) is 0 Å². The van der Waals surface area contributed by atoms with Crippen LogP contribution in [-0.4, -0.2) is 48.7 Å². The van der Waals surface area contributed by atoms with Crippen molar-refractivity contribution in [3.05, 3.63) is 34.6 Å². The van der Waals surface area contributed by atoms with Crippen LogP contribution in [0, 0.1) is 11.7 Å². The fourth-order valence-corrected chi connectivity index (χ4v) is 3.56. The highest BCUT2D eigenvalue weighted by Gasteiger charge is 2.34. The highest BCUT2D eigenvalue weighted by molar-refractivity contribution is 6.30. The molecule has 8 heteroatoms. The molecule has 1 aliphatic heterocycles. The molecule has 1 aliphatic rings. The summed E-state index contributed by atoms with van der Waals surface area (Å²) in [7, 11) is 0. The lowest BCUT2D eigenvalue weighted by Crippen LogP contribution is -2.44. The Kier molecular flexibility index (Phi) is 8.28. The van der Waals surface area contributed by atoms with E-state index in [0.717, 1.165) is 12.8 Å². The third-order valence-corrected chi connectivity index (χ3v) is 4.89. The molecular formula is C21H30ClFN2O4. The second kappa shape index (κ2) is 10.3. The lowest BCUT2D eigenvalue weighted by Gasteiger charge is -2.37. The largest absolute Gasteiger partial charge is 0.444 e. The normalized spacial score (nSPS) is 18.3. The van der Waals surface area contributed by atoms with Gasteiger partial charge in [0.25, 0.3) is 0 Å². The van der Waals surface area contributed by atoms with Gasteiger partial charge >= 0.3 is 6.09 Å². The van der Waals surface area contributed by atoms with E-state index in [-0.39, 0.29) is 29.5 Å². The molecule has 0 radical (unpaired) electrons. The molecule has 6 nitrogen and oxygen atoms in total. The number of piperidine rings is 1. The number of hydrogen-bond donors (Lipinski definition) is 1. The van der Waals surface area contributed by atoms with Crippen molar-refractivity contribution in [2.45, 2.75) is 52.2 Å². The van der Waals surface area contributed by atoms with Crippen molar-refractivity contribution in [1.82, 2.24) is 10.2 Å². The van der Waals surface area contributed by atoms with Crippen LogP contribution in [0.15, 0.2) is 18.2 Å². The molecule has 1 fully saturated rings. The monoisotopic (exact) mass is 428 g/mol. The fourth-order valence-electron chi connectivity index (χ4n) is 3.38. The molecule has 1 saturated heterocycles. The zero-order chi connectivity index (χ0) is 21.6. The molecule has 0 saturated carbocycles. The Morgan fingerprint density at radius 3 is 2.76 bits per heavy atom.